The van der Waals surface area contributed by atoms with E-state index in [1.807, 2.05) is 6.92 Å². The van der Waals surface area contributed by atoms with Crippen molar-refractivity contribution in [2.75, 3.05) is 32.9 Å². The molecule has 3 aromatic rings. The van der Waals surface area contributed by atoms with E-state index >= 15 is 0 Å². The smallest absolute Gasteiger partial charge is 0.511 e. The number of hydrazine groups is 1. The van der Waals surface area contributed by atoms with Crippen molar-refractivity contribution in [3.63, 3.8) is 0 Å². The second kappa shape index (κ2) is 15.9. The quantitative estimate of drug-likeness (QED) is 0.0816. The van der Waals surface area contributed by atoms with Gasteiger partial charge in [-0.1, -0.05) is 29.8 Å². The third-order valence-electron chi connectivity index (χ3n) is 5.93. The fourth-order valence-electron chi connectivity index (χ4n) is 3.72. The van der Waals surface area contributed by atoms with Gasteiger partial charge in [0.25, 0.3) is 16.3 Å². The van der Waals surface area contributed by atoms with Gasteiger partial charge < -0.3 is 24.5 Å². The maximum atomic E-state index is 13.5. The van der Waals surface area contributed by atoms with E-state index in [2.05, 4.69) is 19.8 Å². The Morgan fingerprint density at radius 1 is 1.13 bits per heavy atom. The second-order valence-corrected chi connectivity index (χ2v) is 11.1. The lowest BCUT2D eigenvalue weighted by Gasteiger charge is -2.17. The third-order valence-corrected chi connectivity index (χ3v) is 7.26. The zero-order valence-electron chi connectivity index (χ0n) is 25.2. The molecular weight excluding hydrogens is 657 g/mol. The Bertz CT molecular complexity index is 1650. The van der Waals surface area contributed by atoms with Gasteiger partial charge in [-0.2, -0.15) is 18.3 Å². The van der Waals surface area contributed by atoms with Crippen LogP contribution in [0.3, 0.4) is 0 Å². The molecule has 0 radical (unpaired) electrons. The topological polar surface area (TPSA) is 197 Å². The summed E-state index contributed by atoms with van der Waals surface area (Å²) in [5.74, 6) is 0. The van der Waals surface area contributed by atoms with Crippen LogP contribution in [0, 0.1) is 12.1 Å². The molecule has 0 aliphatic rings. The van der Waals surface area contributed by atoms with Crippen molar-refractivity contribution in [2.45, 2.75) is 38.1 Å². The van der Waals surface area contributed by atoms with Crippen molar-refractivity contribution in [3.05, 3.63) is 71.1 Å². The molecule has 16 nitrogen and oxygen atoms in total. The lowest BCUT2D eigenvalue weighted by atomic mass is 10.1. The zero-order valence-corrected chi connectivity index (χ0v) is 26.0. The number of hydrogen-bond donors (Lipinski definition) is 2. The van der Waals surface area contributed by atoms with Crippen molar-refractivity contribution in [1.82, 2.24) is 19.5 Å². The van der Waals surface area contributed by atoms with Gasteiger partial charge in [0.15, 0.2) is 5.69 Å². The van der Waals surface area contributed by atoms with Gasteiger partial charge in [0, 0.05) is 12.5 Å². The van der Waals surface area contributed by atoms with Crippen molar-refractivity contribution >= 4 is 22.3 Å². The highest BCUT2D eigenvalue weighted by atomic mass is 32.2. The third kappa shape index (κ3) is 10.5. The van der Waals surface area contributed by atoms with E-state index in [1.54, 1.807) is 35.9 Å². The number of ether oxygens (including phenoxy) is 3. The molecule has 0 bridgehead atoms. The number of carbonyl (C=O) groups is 2. The van der Waals surface area contributed by atoms with Gasteiger partial charge >= 0.3 is 18.4 Å². The van der Waals surface area contributed by atoms with Crippen LogP contribution in [0.25, 0.3) is 16.9 Å². The van der Waals surface area contributed by atoms with Crippen LogP contribution in [0.4, 0.5) is 22.8 Å². The van der Waals surface area contributed by atoms with E-state index in [0.717, 1.165) is 33.5 Å². The van der Waals surface area contributed by atoms with E-state index in [0.29, 0.717) is 5.56 Å². The first-order chi connectivity index (χ1) is 22.1. The van der Waals surface area contributed by atoms with Crippen LogP contribution in [0.2, 0.25) is 0 Å². The molecule has 0 fully saturated rings. The van der Waals surface area contributed by atoms with Gasteiger partial charge in [0.05, 0.1) is 34.5 Å². The molecule has 1 aromatic heterocycles. The summed E-state index contributed by atoms with van der Waals surface area (Å²) in [5, 5.41) is 29.1. The highest BCUT2D eigenvalue weighted by Crippen LogP contribution is 2.33. The van der Waals surface area contributed by atoms with Gasteiger partial charge in [-0.25, -0.2) is 27.4 Å². The molecule has 3 rings (SSSR count). The number of hydrogen-bond acceptors (Lipinski definition) is 12. The summed E-state index contributed by atoms with van der Waals surface area (Å²) in [5.41, 5.74) is 0.406. The molecule has 47 heavy (non-hydrogen) atoms. The van der Waals surface area contributed by atoms with Crippen LogP contribution in [0.1, 0.15) is 25.1 Å². The number of benzene rings is 2. The number of halogens is 3. The van der Waals surface area contributed by atoms with Crippen LogP contribution in [0.5, 0.6) is 0 Å². The molecule has 1 atom stereocenters. The Morgan fingerprint density at radius 3 is 2.38 bits per heavy atom. The molecule has 0 spiro atoms. The summed E-state index contributed by atoms with van der Waals surface area (Å²) in [6, 6.07) is 12.1. The Labute approximate surface area is 266 Å². The van der Waals surface area contributed by atoms with Gasteiger partial charge in [-0.15, -0.1) is 5.01 Å². The van der Waals surface area contributed by atoms with E-state index in [1.165, 1.54) is 19.1 Å². The van der Waals surface area contributed by atoms with Gasteiger partial charge in [-0.3, -0.25) is 4.84 Å². The van der Waals surface area contributed by atoms with Gasteiger partial charge in [-0.05, 0) is 44.2 Å². The number of aliphatic hydroxyl groups is 1. The number of aliphatic hydroxyl groups excluding tert-OH is 1. The van der Waals surface area contributed by atoms with E-state index in [9.17, 15) is 41.5 Å². The fourth-order valence-corrected chi connectivity index (χ4v) is 4.61. The maximum absolute atomic E-state index is 13.5. The normalized spacial score (nSPS) is 12.6. The van der Waals surface area contributed by atoms with Gasteiger partial charge in [0.1, 0.15) is 19.7 Å². The lowest BCUT2D eigenvalue weighted by Crippen LogP contribution is -2.38. The minimum absolute atomic E-state index is 0.0404. The van der Waals surface area contributed by atoms with E-state index in [4.69, 9.17) is 9.57 Å². The first kappa shape index (κ1) is 36.4. The Morgan fingerprint density at radius 2 is 1.79 bits per heavy atom. The number of sulfonamides is 1. The molecule has 0 aliphatic carbocycles. The Hall–Kier alpha value is -5.11. The zero-order chi connectivity index (χ0) is 34.8. The molecule has 1 amide bonds. The van der Waals surface area contributed by atoms with Crippen LogP contribution < -0.4 is 4.72 Å². The largest absolute Gasteiger partial charge is 0.569 e. The number of amides is 1. The molecule has 0 aliphatic heterocycles. The first-order valence-electron chi connectivity index (χ1n) is 13.7. The predicted octanol–water partition coefficient (Wildman–Crippen LogP) is 3.90. The first-order valence-corrected chi connectivity index (χ1v) is 15.2. The summed E-state index contributed by atoms with van der Waals surface area (Å²) in [6.07, 6.45) is -8.52. The number of carbonyl (C=O) groups excluding carboxylic acids is 2. The molecule has 20 heteroatoms. The van der Waals surface area contributed by atoms with Crippen LogP contribution in [0.15, 0.2) is 64.8 Å². The summed E-state index contributed by atoms with van der Waals surface area (Å²) < 4.78 is 82.7. The average molecular weight is 689 g/mol. The molecule has 0 saturated heterocycles. The molecule has 2 N–H and O–H groups in total. The molecule has 1 heterocycles. The van der Waals surface area contributed by atoms with Crippen molar-refractivity contribution in [3.8, 4) is 16.9 Å². The van der Waals surface area contributed by atoms with Crippen molar-refractivity contribution in [1.29, 1.82) is 0 Å². The summed E-state index contributed by atoms with van der Waals surface area (Å²) in [7, 11) is -4.50. The average Bonchev–Trinajstić information content (AvgIpc) is 3.46. The molecule has 2 aromatic carbocycles. The summed E-state index contributed by atoms with van der Waals surface area (Å²) in [4.78, 5) is 27.7. The molecule has 256 valence electrons. The minimum Gasteiger partial charge on any atom is -0.569 e. The Balaban J connectivity index is 1.64. The molecule has 0 saturated carbocycles. The number of aryl methyl sites for hydroxylation is 1. The van der Waals surface area contributed by atoms with Crippen LogP contribution in [-0.2, 0) is 35.2 Å². The number of alkyl halides is 3. The monoisotopic (exact) mass is 688 g/mol. The molecule has 1 unspecified atom stereocenters. The summed E-state index contributed by atoms with van der Waals surface area (Å²) in [6.45, 7) is 2.90. The predicted molar refractivity (Wildman–Crippen MR) is 154 cm³/mol. The number of nitrogens with zero attached hydrogens (tertiary/aromatic N) is 5. The fraction of sp³-hybridized carbons (Fsp3) is 0.370. The number of rotatable bonds is 14. The lowest BCUT2D eigenvalue weighted by molar-refractivity contribution is -0.713. The van der Waals surface area contributed by atoms with E-state index in [-0.39, 0.29) is 36.0 Å². The number of nitrogens with one attached hydrogen (secondary N) is 1. The van der Waals surface area contributed by atoms with E-state index < -0.39 is 58.5 Å². The van der Waals surface area contributed by atoms with Crippen LogP contribution >= 0.6 is 0 Å². The maximum Gasteiger partial charge on any atom is 0.511 e. The second-order valence-electron chi connectivity index (χ2n) is 9.41. The summed E-state index contributed by atoms with van der Waals surface area (Å²) >= 11 is 0. The standard InChI is InChI=1S/C27H31F3N6O10S/c1-4-43-26(39)45-19(3)46-33-36(40)34(13-15-37)14-16-44-25(38)32-47(41,42)22-11-9-21(10-12-22)35-23(17-24(31-35)27(28,29)30)20-7-5-18(2)6-8-20/h5-12,17,19,37H,4,13-16H2,1-3H3,(H,32,38)/b36-33-. The van der Waals surface area contributed by atoms with Crippen molar-refractivity contribution < 1.29 is 60.3 Å². The molecular formula is C27H31F3N6O10S. The van der Waals surface area contributed by atoms with Crippen LogP contribution in [-0.4, -0.2) is 84.7 Å². The SMILES string of the molecule is CCOC(=O)OC(C)O/N=[N+](\[O-])N(CCO)CCOC(=O)NS(=O)(=O)c1ccc(-n2nc(C(F)(F)F)cc2-c2ccc(C)cc2)cc1. The number of aromatic nitrogens is 2. The van der Waals surface area contributed by atoms with Crippen molar-refractivity contribution in [2.24, 2.45) is 5.28 Å². The van der Waals surface area contributed by atoms with Gasteiger partial charge in [0.2, 0.25) is 5.28 Å². The highest BCUT2D eigenvalue weighted by Gasteiger charge is 2.35. The minimum atomic E-state index is -4.74. The highest BCUT2D eigenvalue weighted by molar-refractivity contribution is 7.90. The Kier molecular flexibility index (Phi) is 12.3.